The summed E-state index contributed by atoms with van der Waals surface area (Å²) in [5.41, 5.74) is 1.89. The maximum Gasteiger partial charge on any atom is 0.307 e. The van der Waals surface area contributed by atoms with Crippen molar-refractivity contribution in [3.8, 4) is 0 Å². The van der Waals surface area contributed by atoms with Crippen LogP contribution < -0.4 is 5.32 Å². The highest BCUT2D eigenvalue weighted by Crippen LogP contribution is 2.27. The van der Waals surface area contributed by atoms with E-state index in [-0.39, 0.29) is 6.42 Å². The largest absolute Gasteiger partial charge is 0.469 e. The molecule has 1 unspecified atom stereocenters. The zero-order valence-electron chi connectivity index (χ0n) is 15.3. The Labute approximate surface area is 166 Å². The SMILES string of the molecule is COC(=O)CC(NC(=O)c1cc(C)nc2cc(F)ccc12)c1ccccc1Cl. The van der Waals surface area contributed by atoms with Gasteiger partial charge in [0.05, 0.1) is 30.7 Å². The molecule has 28 heavy (non-hydrogen) atoms. The van der Waals surface area contributed by atoms with Crippen molar-refractivity contribution in [3.05, 3.63) is 76.2 Å². The van der Waals surface area contributed by atoms with Crippen LogP contribution >= 0.6 is 11.6 Å². The first-order valence-electron chi connectivity index (χ1n) is 8.58. The molecular formula is C21H18ClFN2O3. The van der Waals surface area contributed by atoms with E-state index >= 15 is 0 Å². The van der Waals surface area contributed by atoms with Crippen LogP contribution in [0.3, 0.4) is 0 Å². The predicted octanol–water partition coefficient (Wildman–Crippen LogP) is 4.37. The van der Waals surface area contributed by atoms with E-state index in [9.17, 15) is 14.0 Å². The first kappa shape index (κ1) is 19.8. The van der Waals surface area contributed by atoms with Crippen molar-refractivity contribution < 1.29 is 18.7 Å². The zero-order chi connectivity index (χ0) is 20.3. The molecule has 3 rings (SSSR count). The fourth-order valence-electron chi connectivity index (χ4n) is 3.00. The highest BCUT2D eigenvalue weighted by molar-refractivity contribution is 6.31. The molecule has 0 bridgehead atoms. The summed E-state index contributed by atoms with van der Waals surface area (Å²) in [7, 11) is 1.28. The smallest absolute Gasteiger partial charge is 0.307 e. The Bertz CT molecular complexity index is 1050. The summed E-state index contributed by atoms with van der Waals surface area (Å²) in [5, 5.41) is 3.78. The number of carbonyl (C=O) groups excluding carboxylic acids is 2. The van der Waals surface area contributed by atoms with Crippen LogP contribution in [-0.4, -0.2) is 24.0 Å². The molecule has 1 amide bonds. The number of halogens is 2. The first-order valence-corrected chi connectivity index (χ1v) is 8.96. The van der Waals surface area contributed by atoms with Crippen LogP contribution in [0.4, 0.5) is 4.39 Å². The number of esters is 1. The van der Waals surface area contributed by atoms with Crippen LogP contribution in [0.15, 0.2) is 48.5 Å². The van der Waals surface area contributed by atoms with Crippen LogP contribution in [-0.2, 0) is 9.53 Å². The number of ether oxygens (including phenoxy) is 1. The lowest BCUT2D eigenvalue weighted by atomic mass is 10.0. The number of methoxy groups -OCH3 is 1. The van der Waals surface area contributed by atoms with E-state index < -0.39 is 23.7 Å². The normalized spacial score (nSPS) is 11.9. The lowest BCUT2D eigenvalue weighted by molar-refractivity contribution is -0.141. The fraction of sp³-hybridized carbons (Fsp3) is 0.190. The summed E-state index contributed by atoms with van der Waals surface area (Å²) in [6, 6.07) is 12.0. The number of pyridine rings is 1. The highest BCUT2D eigenvalue weighted by atomic mass is 35.5. The molecule has 1 atom stereocenters. The minimum absolute atomic E-state index is 0.0808. The lowest BCUT2D eigenvalue weighted by Gasteiger charge is -2.20. The number of benzene rings is 2. The molecule has 5 nitrogen and oxygen atoms in total. The van der Waals surface area contributed by atoms with Crippen molar-refractivity contribution in [1.29, 1.82) is 0 Å². The van der Waals surface area contributed by atoms with E-state index in [1.165, 1.54) is 25.3 Å². The summed E-state index contributed by atoms with van der Waals surface area (Å²) < 4.78 is 18.3. The van der Waals surface area contributed by atoms with Gasteiger partial charge in [-0.3, -0.25) is 14.6 Å². The molecule has 0 saturated carbocycles. The number of carbonyl (C=O) groups is 2. The van der Waals surface area contributed by atoms with E-state index in [2.05, 4.69) is 10.3 Å². The van der Waals surface area contributed by atoms with Crippen molar-refractivity contribution >= 4 is 34.4 Å². The molecular weight excluding hydrogens is 383 g/mol. The van der Waals surface area contributed by atoms with Gasteiger partial charge in [0.2, 0.25) is 0 Å². The van der Waals surface area contributed by atoms with Gasteiger partial charge in [0.25, 0.3) is 5.91 Å². The predicted molar refractivity (Wildman–Crippen MR) is 105 cm³/mol. The maximum atomic E-state index is 13.6. The third-order valence-corrected chi connectivity index (χ3v) is 4.67. The van der Waals surface area contributed by atoms with Gasteiger partial charge < -0.3 is 10.1 Å². The summed E-state index contributed by atoms with van der Waals surface area (Å²) in [5.74, 6) is -1.34. The van der Waals surface area contributed by atoms with Gasteiger partial charge in [-0.2, -0.15) is 0 Å². The summed E-state index contributed by atoms with van der Waals surface area (Å²) in [4.78, 5) is 29.2. The number of aromatic nitrogens is 1. The topological polar surface area (TPSA) is 68.3 Å². The van der Waals surface area contributed by atoms with E-state index in [4.69, 9.17) is 16.3 Å². The van der Waals surface area contributed by atoms with Gasteiger partial charge in [-0.15, -0.1) is 0 Å². The molecule has 0 saturated heterocycles. The number of amides is 1. The number of hydrogen-bond donors (Lipinski definition) is 1. The van der Waals surface area contributed by atoms with Crippen LogP contribution in [0.5, 0.6) is 0 Å². The number of fused-ring (bicyclic) bond motifs is 1. The summed E-state index contributed by atoms with van der Waals surface area (Å²) in [6.07, 6.45) is -0.0808. The first-order chi connectivity index (χ1) is 13.4. The van der Waals surface area contributed by atoms with Crippen molar-refractivity contribution in [2.45, 2.75) is 19.4 Å². The average Bonchev–Trinajstić information content (AvgIpc) is 2.66. The second kappa shape index (κ2) is 8.35. The van der Waals surface area contributed by atoms with Gasteiger partial charge in [0, 0.05) is 22.2 Å². The standard InChI is InChI=1S/C21H18ClFN2O3/c1-12-9-16(14-8-7-13(23)10-18(14)24-12)21(27)25-19(11-20(26)28-2)15-5-3-4-6-17(15)22/h3-10,19H,11H2,1-2H3,(H,25,27). The van der Waals surface area contributed by atoms with E-state index in [0.29, 0.717) is 32.7 Å². The van der Waals surface area contributed by atoms with Crippen LogP contribution in [0.1, 0.15) is 34.1 Å². The van der Waals surface area contributed by atoms with Crippen LogP contribution in [0.25, 0.3) is 10.9 Å². The Morgan fingerprint density at radius 1 is 1.21 bits per heavy atom. The Balaban J connectivity index is 1.99. The van der Waals surface area contributed by atoms with Gasteiger partial charge in [-0.05, 0) is 36.8 Å². The van der Waals surface area contributed by atoms with Crippen LogP contribution in [0, 0.1) is 12.7 Å². The van der Waals surface area contributed by atoms with Gasteiger partial charge in [0.15, 0.2) is 0 Å². The van der Waals surface area contributed by atoms with Gasteiger partial charge >= 0.3 is 5.97 Å². The minimum Gasteiger partial charge on any atom is -0.469 e. The quantitative estimate of drug-likeness (QED) is 0.646. The Morgan fingerprint density at radius 3 is 2.68 bits per heavy atom. The van der Waals surface area contributed by atoms with Crippen molar-refractivity contribution in [2.24, 2.45) is 0 Å². The van der Waals surface area contributed by atoms with Gasteiger partial charge in [-0.25, -0.2) is 4.39 Å². The Morgan fingerprint density at radius 2 is 1.96 bits per heavy atom. The summed E-state index contributed by atoms with van der Waals surface area (Å²) >= 11 is 6.26. The number of aryl methyl sites for hydroxylation is 1. The van der Waals surface area contributed by atoms with Crippen molar-refractivity contribution in [1.82, 2.24) is 10.3 Å². The third kappa shape index (κ3) is 4.28. The van der Waals surface area contributed by atoms with E-state index in [0.717, 1.165) is 0 Å². The van der Waals surface area contributed by atoms with Crippen molar-refractivity contribution in [2.75, 3.05) is 7.11 Å². The number of nitrogens with zero attached hydrogens (tertiary/aromatic N) is 1. The zero-order valence-corrected chi connectivity index (χ0v) is 16.1. The molecule has 7 heteroatoms. The van der Waals surface area contributed by atoms with E-state index in [1.54, 1.807) is 37.3 Å². The van der Waals surface area contributed by atoms with Crippen molar-refractivity contribution in [3.63, 3.8) is 0 Å². The molecule has 0 aliphatic rings. The number of rotatable bonds is 5. The molecule has 1 aromatic heterocycles. The number of nitrogens with one attached hydrogen (secondary N) is 1. The molecule has 1 heterocycles. The Hall–Kier alpha value is -2.99. The maximum absolute atomic E-state index is 13.6. The van der Waals surface area contributed by atoms with Crippen LogP contribution in [0.2, 0.25) is 5.02 Å². The molecule has 0 fully saturated rings. The Kier molecular flexibility index (Phi) is 5.90. The second-order valence-corrected chi connectivity index (χ2v) is 6.71. The molecule has 1 N–H and O–H groups in total. The molecule has 0 aliphatic carbocycles. The lowest BCUT2D eigenvalue weighted by Crippen LogP contribution is -2.31. The average molecular weight is 401 g/mol. The third-order valence-electron chi connectivity index (χ3n) is 4.33. The fourth-order valence-corrected chi connectivity index (χ4v) is 3.27. The minimum atomic E-state index is -0.683. The molecule has 0 spiro atoms. The number of hydrogen-bond acceptors (Lipinski definition) is 4. The molecule has 0 radical (unpaired) electrons. The highest BCUT2D eigenvalue weighted by Gasteiger charge is 2.23. The molecule has 2 aromatic carbocycles. The second-order valence-electron chi connectivity index (χ2n) is 6.30. The van der Waals surface area contributed by atoms with E-state index in [1.807, 2.05) is 0 Å². The molecule has 3 aromatic rings. The monoisotopic (exact) mass is 400 g/mol. The summed E-state index contributed by atoms with van der Waals surface area (Å²) in [6.45, 7) is 1.72. The van der Waals surface area contributed by atoms with Gasteiger partial charge in [0.1, 0.15) is 5.82 Å². The van der Waals surface area contributed by atoms with Gasteiger partial charge in [-0.1, -0.05) is 29.8 Å². The molecule has 144 valence electrons. The molecule has 0 aliphatic heterocycles.